The third kappa shape index (κ3) is 3.72. The van der Waals surface area contributed by atoms with Crippen LogP contribution in [0.1, 0.15) is 53.9 Å². The molecule has 5 heteroatoms. The molecule has 0 bridgehead atoms. The van der Waals surface area contributed by atoms with Gasteiger partial charge in [-0.25, -0.2) is 0 Å². The Bertz CT molecular complexity index is 332. The highest BCUT2D eigenvalue weighted by Gasteiger charge is 2.56. The van der Waals surface area contributed by atoms with Gasteiger partial charge in [0.2, 0.25) is 5.91 Å². The number of rotatable bonds is 7. The molecule has 4 atom stereocenters. The molecule has 1 amide bonds. The first-order valence-electron chi connectivity index (χ1n) is 7.99. The van der Waals surface area contributed by atoms with E-state index in [2.05, 4.69) is 13.8 Å². The Balaban J connectivity index is 0.00000400. The van der Waals surface area contributed by atoms with Crippen molar-refractivity contribution in [3.8, 4) is 0 Å². The molecule has 1 aliphatic carbocycles. The molecule has 2 N–H and O–H groups in total. The maximum Gasteiger partial charge on any atom is 0.226 e. The van der Waals surface area contributed by atoms with E-state index in [-0.39, 0.29) is 47.8 Å². The molecule has 0 aliphatic heterocycles. The molecular weight excluding hydrogens is 288 g/mol. The highest BCUT2D eigenvalue weighted by atomic mass is 35.5. The first-order valence-corrected chi connectivity index (χ1v) is 7.99. The summed E-state index contributed by atoms with van der Waals surface area (Å²) in [5, 5.41) is 0. The minimum absolute atomic E-state index is 0. The average Bonchev–Trinajstić information content (AvgIpc) is 2.42. The summed E-state index contributed by atoms with van der Waals surface area (Å²) in [5.41, 5.74) is 5.98. The number of hydrogen-bond acceptors (Lipinski definition) is 3. The van der Waals surface area contributed by atoms with E-state index >= 15 is 0 Å². The number of carbonyl (C=O) groups is 1. The lowest BCUT2D eigenvalue weighted by Gasteiger charge is -2.58. The molecule has 0 aromatic heterocycles. The largest absolute Gasteiger partial charge is 0.378 e. The third-order valence-corrected chi connectivity index (χ3v) is 5.42. The van der Waals surface area contributed by atoms with Gasteiger partial charge < -0.3 is 15.4 Å². The van der Waals surface area contributed by atoms with Gasteiger partial charge >= 0.3 is 0 Å². The van der Waals surface area contributed by atoms with E-state index in [0.717, 1.165) is 25.9 Å². The van der Waals surface area contributed by atoms with Crippen LogP contribution in [0.25, 0.3) is 0 Å². The highest BCUT2D eigenvalue weighted by molar-refractivity contribution is 5.85. The van der Waals surface area contributed by atoms with Gasteiger partial charge in [0.05, 0.1) is 12.0 Å². The lowest BCUT2D eigenvalue weighted by molar-refractivity contribution is -0.179. The van der Waals surface area contributed by atoms with Crippen molar-refractivity contribution in [2.75, 3.05) is 13.7 Å². The molecule has 1 fully saturated rings. The summed E-state index contributed by atoms with van der Waals surface area (Å²) >= 11 is 0. The van der Waals surface area contributed by atoms with E-state index in [9.17, 15) is 4.79 Å². The van der Waals surface area contributed by atoms with E-state index < -0.39 is 0 Å². The number of ether oxygens (including phenoxy) is 1. The summed E-state index contributed by atoms with van der Waals surface area (Å²) in [6, 6.07) is 0.174. The summed E-state index contributed by atoms with van der Waals surface area (Å²) in [5.74, 6) is 0.0313. The number of amides is 1. The van der Waals surface area contributed by atoms with Crippen LogP contribution in [0.4, 0.5) is 0 Å². The van der Waals surface area contributed by atoms with Crippen molar-refractivity contribution >= 4 is 18.3 Å². The lowest BCUT2D eigenvalue weighted by atomic mass is 9.58. The smallest absolute Gasteiger partial charge is 0.226 e. The topological polar surface area (TPSA) is 55.6 Å². The summed E-state index contributed by atoms with van der Waals surface area (Å²) in [4.78, 5) is 14.4. The van der Waals surface area contributed by atoms with Gasteiger partial charge in [-0.05, 0) is 33.1 Å². The first-order chi connectivity index (χ1) is 9.35. The first kappa shape index (κ1) is 20.7. The van der Waals surface area contributed by atoms with Gasteiger partial charge in [-0.1, -0.05) is 20.8 Å². The fourth-order valence-corrected chi connectivity index (χ4v) is 3.58. The second-order valence-electron chi connectivity index (χ2n) is 6.23. The Labute approximate surface area is 136 Å². The standard InChI is InChI=1S/C16H32N2O2.ClH/c1-7-16(8-2)13(10-14(16)20-9-3)18(6)15(19)11(4)12(5)17;/h11-14H,7-10,17H2,1-6H3;1H. The molecule has 126 valence electrons. The van der Waals surface area contributed by atoms with E-state index in [0.29, 0.717) is 0 Å². The van der Waals surface area contributed by atoms with Crippen LogP contribution in [0.5, 0.6) is 0 Å². The van der Waals surface area contributed by atoms with E-state index in [4.69, 9.17) is 10.5 Å². The van der Waals surface area contributed by atoms with Crippen LogP contribution in [0.3, 0.4) is 0 Å². The van der Waals surface area contributed by atoms with Crippen LogP contribution in [0.15, 0.2) is 0 Å². The number of halogens is 1. The Morgan fingerprint density at radius 2 is 1.86 bits per heavy atom. The van der Waals surface area contributed by atoms with Crippen molar-refractivity contribution in [3.63, 3.8) is 0 Å². The number of carbonyl (C=O) groups excluding carboxylic acids is 1. The van der Waals surface area contributed by atoms with Crippen LogP contribution < -0.4 is 5.73 Å². The molecule has 1 saturated carbocycles. The van der Waals surface area contributed by atoms with Crippen molar-refractivity contribution in [2.24, 2.45) is 17.1 Å². The fourth-order valence-electron chi connectivity index (χ4n) is 3.58. The van der Waals surface area contributed by atoms with E-state index in [1.54, 1.807) is 0 Å². The monoisotopic (exact) mass is 320 g/mol. The van der Waals surface area contributed by atoms with Gasteiger partial charge in [-0.15, -0.1) is 12.4 Å². The van der Waals surface area contributed by atoms with Crippen LogP contribution >= 0.6 is 12.4 Å². The molecule has 1 rings (SSSR count). The molecular formula is C16H33ClN2O2. The van der Waals surface area contributed by atoms with Crippen molar-refractivity contribution in [1.29, 1.82) is 0 Å². The Hall–Kier alpha value is -0.320. The third-order valence-electron chi connectivity index (χ3n) is 5.42. The Morgan fingerprint density at radius 3 is 2.24 bits per heavy atom. The van der Waals surface area contributed by atoms with Crippen molar-refractivity contribution in [3.05, 3.63) is 0 Å². The molecule has 4 nitrogen and oxygen atoms in total. The zero-order chi connectivity index (χ0) is 15.5. The number of nitrogens with two attached hydrogens (primary N) is 1. The van der Waals surface area contributed by atoms with Crippen LogP contribution in [0, 0.1) is 11.3 Å². The number of hydrogen-bond donors (Lipinski definition) is 1. The molecule has 1 aliphatic rings. The quantitative estimate of drug-likeness (QED) is 0.784. The summed E-state index contributed by atoms with van der Waals surface area (Å²) in [7, 11) is 1.92. The molecule has 0 aromatic carbocycles. The SMILES string of the molecule is CCOC1CC(N(C)C(=O)C(C)C(C)N)C1(CC)CC.Cl. The second-order valence-corrected chi connectivity index (χ2v) is 6.23. The van der Waals surface area contributed by atoms with Gasteiger partial charge in [-0.2, -0.15) is 0 Å². The molecule has 0 saturated heterocycles. The van der Waals surface area contributed by atoms with Gasteiger partial charge in [0.15, 0.2) is 0 Å². The molecule has 4 unspecified atom stereocenters. The van der Waals surface area contributed by atoms with Crippen LogP contribution in [-0.2, 0) is 9.53 Å². The molecule has 21 heavy (non-hydrogen) atoms. The summed E-state index contributed by atoms with van der Waals surface area (Å²) in [6.07, 6.45) is 3.32. The van der Waals surface area contributed by atoms with Gasteiger partial charge in [-0.3, -0.25) is 4.79 Å². The second kappa shape index (κ2) is 8.35. The highest BCUT2D eigenvalue weighted by Crippen LogP contribution is 2.51. The van der Waals surface area contributed by atoms with Crippen molar-refractivity contribution in [2.45, 2.75) is 72.1 Å². The zero-order valence-electron chi connectivity index (χ0n) is 14.4. The van der Waals surface area contributed by atoms with E-state index in [1.165, 1.54) is 0 Å². The maximum absolute atomic E-state index is 12.5. The van der Waals surface area contributed by atoms with E-state index in [1.807, 2.05) is 32.7 Å². The van der Waals surface area contributed by atoms with Gasteiger partial charge in [0.1, 0.15) is 0 Å². The minimum atomic E-state index is -0.127. The number of nitrogens with zero attached hydrogens (tertiary/aromatic N) is 1. The summed E-state index contributed by atoms with van der Waals surface area (Å²) in [6.45, 7) is 11.0. The molecule has 0 heterocycles. The maximum atomic E-state index is 12.5. The fraction of sp³-hybridized carbons (Fsp3) is 0.938. The van der Waals surface area contributed by atoms with Crippen LogP contribution in [0.2, 0.25) is 0 Å². The molecule has 0 radical (unpaired) electrons. The van der Waals surface area contributed by atoms with Crippen molar-refractivity contribution in [1.82, 2.24) is 4.90 Å². The average molecular weight is 321 g/mol. The molecule has 0 spiro atoms. The Morgan fingerprint density at radius 1 is 1.33 bits per heavy atom. The lowest BCUT2D eigenvalue weighted by Crippen LogP contribution is -2.65. The van der Waals surface area contributed by atoms with Gasteiger partial charge in [0, 0.05) is 31.2 Å². The normalized spacial score (nSPS) is 26.2. The molecule has 0 aromatic rings. The van der Waals surface area contributed by atoms with Crippen LogP contribution in [-0.4, -0.2) is 42.6 Å². The minimum Gasteiger partial charge on any atom is -0.378 e. The van der Waals surface area contributed by atoms with Crippen molar-refractivity contribution < 1.29 is 9.53 Å². The predicted octanol–water partition coefficient (Wildman–Crippen LogP) is 2.83. The van der Waals surface area contributed by atoms with Gasteiger partial charge in [0.25, 0.3) is 0 Å². The zero-order valence-corrected chi connectivity index (χ0v) is 15.2. The predicted molar refractivity (Wildman–Crippen MR) is 89.7 cm³/mol. The summed E-state index contributed by atoms with van der Waals surface area (Å²) < 4.78 is 5.88. The Kier molecular flexibility index (Phi) is 8.22.